The second-order valence-corrected chi connectivity index (χ2v) is 7.50. The molecule has 3 rings (SSSR count). The van der Waals surface area contributed by atoms with Crippen LogP contribution in [-0.4, -0.2) is 42.3 Å². The van der Waals surface area contributed by atoms with Crippen molar-refractivity contribution in [2.45, 2.75) is 19.0 Å². The molecule has 2 unspecified atom stereocenters. The van der Waals surface area contributed by atoms with Crippen LogP contribution in [-0.2, 0) is 0 Å². The van der Waals surface area contributed by atoms with Crippen molar-refractivity contribution < 1.29 is 9.53 Å². The molecule has 0 aliphatic heterocycles. The summed E-state index contributed by atoms with van der Waals surface area (Å²) in [4.78, 5) is 16.6. The normalized spacial score (nSPS) is 12.7. The SMILES string of the molecule is COc1ccc2sc(C(=N)C(C#N)NC(C)CNC(=O)c3ccccc3)nc2c1. The van der Waals surface area contributed by atoms with Gasteiger partial charge in [0.05, 0.1) is 29.1 Å². The van der Waals surface area contributed by atoms with Gasteiger partial charge in [-0.25, -0.2) is 4.98 Å². The van der Waals surface area contributed by atoms with Gasteiger partial charge < -0.3 is 10.1 Å². The second kappa shape index (κ2) is 9.28. The lowest BCUT2D eigenvalue weighted by Crippen LogP contribution is -2.46. The molecule has 1 heterocycles. The zero-order valence-corrected chi connectivity index (χ0v) is 16.9. The van der Waals surface area contributed by atoms with E-state index in [1.165, 1.54) is 11.3 Å². The van der Waals surface area contributed by atoms with Gasteiger partial charge in [0.2, 0.25) is 0 Å². The summed E-state index contributed by atoms with van der Waals surface area (Å²) < 4.78 is 6.12. The molecule has 3 aromatic rings. The molecule has 1 aromatic heterocycles. The van der Waals surface area contributed by atoms with Crippen LogP contribution in [0, 0.1) is 16.7 Å². The first-order valence-electron chi connectivity index (χ1n) is 9.04. The van der Waals surface area contributed by atoms with Crippen molar-refractivity contribution in [1.29, 1.82) is 10.7 Å². The van der Waals surface area contributed by atoms with Gasteiger partial charge in [0.25, 0.3) is 5.91 Å². The number of ether oxygens (including phenoxy) is 1. The first kappa shape index (κ1) is 20.5. The van der Waals surface area contributed by atoms with Crippen molar-refractivity contribution >= 4 is 33.2 Å². The number of nitrogens with one attached hydrogen (secondary N) is 3. The summed E-state index contributed by atoms with van der Waals surface area (Å²) in [5.74, 6) is 0.515. The van der Waals surface area contributed by atoms with E-state index in [4.69, 9.17) is 10.1 Å². The third-order valence-electron chi connectivity index (χ3n) is 4.30. The summed E-state index contributed by atoms with van der Waals surface area (Å²) in [5.41, 5.74) is 1.41. The molecular weight excluding hydrogens is 386 g/mol. The van der Waals surface area contributed by atoms with Gasteiger partial charge in [-0.2, -0.15) is 5.26 Å². The molecule has 7 nitrogen and oxygen atoms in total. The van der Waals surface area contributed by atoms with Gasteiger partial charge in [-0.05, 0) is 31.2 Å². The standard InChI is InChI=1S/C21H21N5O2S/c1-13(12-24-20(27)14-6-4-3-5-7-14)25-17(11-22)19(23)21-26-16-10-15(28-2)8-9-18(16)29-21/h3-10,13,17,23,25H,12H2,1-2H3,(H,24,27). The van der Waals surface area contributed by atoms with Crippen LogP contribution < -0.4 is 15.4 Å². The zero-order chi connectivity index (χ0) is 20.8. The summed E-state index contributed by atoms with van der Waals surface area (Å²) in [6, 6.07) is 15.5. The molecule has 0 saturated heterocycles. The van der Waals surface area contributed by atoms with Crippen molar-refractivity contribution in [1.82, 2.24) is 15.6 Å². The Kier molecular flexibility index (Phi) is 6.54. The Hall–Kier alpha value is -3.28. The third kappa shape index (κ3) is 4.96. The number of carbonyl (C=O) groups excluding carboxylic acids is 1. The Balaban J connectivity index is 1.62. The minimum atomic E-state index is -0.832. The molecule has 148 valence electrons. The number of thiazole rings is 1. The summed E-state index contributed by atoms with van der Waals surface area (Å²) in [5, 5.41) is 24.3. The van der Waals surface area contributed by atoms with E-state index in [-0.39, 0.29) is 17.7 Å². The Morgan fingerprint density at radius 1 is 1.31 bits per heavy atom. The number of aromatic nitrogens is 1. The number of rotatable bonds is 8. The molecule has 3 N–H and O–H groups in total. The first-order valence-corrected chi connectivity index (χ1v) is 9.85. The highest BCUT2D eigenvalue weighted by Crippen LogP contribution is 2.26. The molecule has 2 aromatic carbocycles. The monoisotopic (exact) mass is 407 g/mol. The van der Waals surface area contributed by atoms with Crippen molar-refractivity contribution in [3.63, 3.8) is 0 Å². The molecule has 0 spiro atoms. The Labute approximate surface area is 172 Å². The quantitative estimate of drug-likeness (QED) is 0.497. The van der Waals surface area contributed by atoms with Gasteiger partial charge in [0.15, 0.2) is 0 Å². The Morgan fingerprint density at radius 3 is 2.76 bits per heavy atom. The van der Waals surface area contributed by atoms with E-state index in [9.17, 15) is 10.1 Å². The van der Waals surface area contributed by atoms with E-state index in [1.54, 1.807) is 37.4 Å². The number of fused-ring (bicyclic) bond motifs is 1. The Morgan fingerprint density at radius 2 is 2.07 bits per heavy atom. The molecule has 29 heavy (non-hydrogen) atoms. The third-order valence-corrected chi connectivity index (χ3v) is 5.37. The van der Waals surface area contributed by atoms with E-state index >= 15 is 0 Å². The van der Waals surface area contributed by atoms with Crippen molar-refractivity contribution in [3.8, 4) is 11.8 Å². The molecule has 0 bridgehead atoms. The number of amides is 1. The number of hydrogen-bond acceptors (Lipinski definition) is 7. The summed E-state index contributed by atoms with van der Waals surface area (Å²) >= 11 is 1.36. The van der Waals surface area contributed by atoms with E-state index in [0.29, 0.717) is 22.9 Å². The van der Waals surface area contributed by atoms with Crippen LogP contribution in [0.5, 0.6) is 5.75 Å². The van der Waals surface area contributed by atoms with Gasteiger partial charge in [-0.15, -0.1) is 11.3 Å². The van der Waals surface area contributed by atoms with Crippen LogP contribution in [0.25, 0.3) is 10.2 Å². The van der Waals surface area contributed by atoms with Crippen molar-refractivity contribution in [3.05, 3.63) is 59.1 Å². The number of benzene rings is 2. The summed E-state index contributed by atoms with van der Waals surface area (Å²) in [7, 11) is 1.59. The molecule has 2 atom stereocenters. The van der Waals surface area contributed by atoms with Crippen LogP contribution >= 0.6 is 11.3 Å². The minimum Gasteiger partial charge on any atom is -0.497 e. The molecule has 0 aliphatic rings. The lowest BCUT2D eigenvalue weighted by molar-refractivity contribution is 0.0950. The molecular formula is C21H21N5O2S. The van der Waals surface area contributed by atoms with Crippen LogP contribution in [0.4, 0.5) is 0 Å². The van der Waals surface area contributed by atoms with Crippen LogP contribution in [0.2, 0.25) is 0 Å². The maximum absolute atomic E-state index is 12.1. The second-order valence-electron chi connectivity index (χ2n) is 6.47. The number of hydrogen-bond donors (Lipinski definition) is 3. The number of carbonyl (C=O) groups is 1. The van der Waals surface area contributed by atoms with Gasteiger partial charge in [0, 0.05) is 24.2 Å². The average Bonchev–Trinajstić information content (AvgIpc) is 3.19. The van der Waals surface area contributed by atoms with Crippen LogP contribution in [0.3, 0.4) is 0 Å². The number of nitriles is 1. The van der Waals surface area contributed by atoms with Crippen LogP contribution in [0.1, 0.15) is 22.3 Å². The van der Waals surface area contributed by atoms with Gasteiger partial charge in [-0.1, -0.05) is 18.2 Å². The highest BCUT2D eigenvalue weighted by atomic mass is 32.1. The van der Waals surface area contributed by atoms with Crippen molar-refractivity contribution in [2.75, 3.05) is 13.7 Å². The van der Waals surface area contributed by atoms with E-state index < -0.39 is 6.04 Å². The Bertz CT molecular complexity index is 1060. The fourth-order valence-electron chi connectivity index (χ4n) is 2.74. The summed E-state index contributed by atoms with van der Waals surface area (Å²) in [6.45, 7) is 2.18. The fourth-order valence-corrected chi connectivity index (χ4v) is 3.66. The largest absolute Gasteiger partial charge is 0.497 e. The fraction of sp³-hybridized carbons (Fsp3) is 0.238. The molecule has 8 heteroatoms. The molecule has 0 saturated carbocycles. The van der Waals surface area contributed by atoms with Gasteiger partial charge in [-0.3, -0.25) is 15.5 Å². The predicted octanol–water partition coefficient (Wildman–Crippen LogP) is 2.97. The minimum absolute atomic E-state index is 0.105. The smallest absolute Gasteiger partial charge is 0.251 e. The first-order chi connectivity index (χ1) is 14.0. The van der Waals surface area contributed by atoms with E-state index in [1.807, 2.05) is 25.1 Å². The lowest BCUT2D eigenvalue weighted by atomic mass is 10.1. The number of nitrogens with zero attached hydrogens (tertiary/aromatic N) is 2. The lowest BCUT2D eigenvalue weighted by Gasteiger charge is -2.18. The van der Waals surface area contributed by atoms with Crippen molar-refractivity contribution in [2.24, 2.45) is 0 Å². The highest BCUT2D eigenvalue weighted by molar-refractivity contribution is 7.20. The number of methoxy groups -OCH3 is 1. The maximum atomic E-state index is 12.1. The van der Waals surface area contributed by atoms with Gasteiger partial charge >= 0.3 is 0 Å². The zero-order valence-electron chi connectivity index (χ0n) is 16.1. The summed E-state index contributed by atoms with van der Waals surface area (Å²) in [6.07, 6.45) is 0. The topological polar surface area (TPSA) is 111 Å². The van der Waals surface area contributed by atoms with Gasteiger partial charge in [0.1, 0.15) is 16.8 Å². The van der Waals surface area contributed by atoms with E-state index in [0.717, 1.165) is 10.2 Å². The average molecular weight is 407 g/mol. The van der Waals surface area contributed by atoms with E-state index in [2.05, 4.69) is 21.7 Å². The predicted molar refractivity (Wildman–Crippen MR) is 114 cm³/mol. The molecule has 1 amide bonds. The molecule has 0 radical (unpaired) electrons. The maximum Gasteiger partial charge on any atom is 0.251 e. The highest BCUT2D eigenvalue weighted by Gasteiger charge is 2.21. The van der Waals surface area contributed by atoms with Crippen LogP contribution in [0.15, 0.2) is 48.5 Å². The molecule has 0 aliphatic carbocycles. The molecule has 0 fully saturated rings.